The van der Waals surface area contributed by atoms with Gasteiger partial charge in [-0.1, -0.05) is 68.3 Å². The van der Waals surface area contributed by atoms with Gasteiger partial charge in [0.15, 0.2) is 0 Å². The van der Waals surface area contributed by atoms with Crippen molar-refractivity contribution >= 4 is 18.0 Å². The first-order chi connectivity index (χ1) is 17.0. The number of aliphatic carboxylic acids is 1. The molecule has 1 unspecified atom stereocenters. The van der Waals surface area contributed by atoms with Crippen LogP contribution in [0.2, 0.25) is 0 Å². The lowest BCUT2D eigenvalue weighted by Crippen LogP contribution is -2.57. The fourth-order valence-electron chi connectivity index (χ4n) is 6.25. The molecule has 3 aliphatic rings. The van der Waals surface area contributed by atoms with Crippen LogP contribution < -0.4 is 5.32 Å². The Balaban J connectivity index is 1.29. The minimum Gasteiger partial charge on any atom is -0.479 e. The van der Waals surface area contributed by atoms with E-state index in [1.165, 1.54) is 0 Å². The average Bonchev–Trinajstić information content (AvgIpc) is 3.54. The minimum atomic E-state index is -1.13. The summed E-state index contributed by atoms with van der Waals surface area (Å²) in [4.78, 5) is 40.1. The second kappa shape index (κ2) is 9.36. The Bertz CT molecular complexity index is 1090. The number of carboxylic acids is 1. The van der Waals surface area contributed by atoms with Crippen LogP contribution in [0.15, 0.2) is 48.5 Å². The topological polar surface area (TPSA) is 95.9 Å². The normalized spacial score (nSPS) is 23.0. The molecule has 2 aromatic carbocycles. The van der Waals surface area contributed by atoms with Gasteiger partial charge in [0.25, 0.3) is 0 Å². The molecule has 2 aliphatic heterocycles. The van der Waals surface area contributed by atoms with Gasteiger partial charge in [0.2, 0.25) is 5.91 Å². The molecule has 2 fully saturated rings. The third kappa shape index (κ3) is 3.97. The zero-order chi connectivity index (χ0) is 24.6. The van der Waals surface area contributed by atoms with E-state index in [1.807, 2.05) is 31.2 Å². The number of fused-ring (bicyclic) bond motifs is 5. The van der Waals surface area contributed by atoms with Crippen molar-refractivity contribution in [3.8, 4) is 11.1 Å². The van der Waals surface area contributed by atoms with Gasteiger partial charge in [-0.2, -0.15) is 0 Å². The lowest BCUT2D eigenvalue weighted by atomic mass is 9.88. The van der Waals surface area contributed by atoms with Crippen molar-refractivity contribution in [1.82, 2.24) is 10.2 Å². The first-order valence-electron chi connectivity index (χ1n) is 12.6. The predicted molar refractivity (Wildman–Crippen MR) is 131 cm³/mol. The SMILES string of the molecule is CCCCC(NC(=O)OCC1c2ccccc2-c2ccccc21)C(=O)N1C2CCC1(C(=O)O)CC2. The second-order valence-electron chi connectivity index (χ2n) is 9.94. The molecule has 2 heterocycles. The number of alkyl carbamates (subject to hydrolysis) is 1. The summed E-state index contributed by atoms with van der Waals surface area (Å²) < 4.78 is 5.67. The molecule has 1 atom stereocenters. The van der Waals surface area contributed by atoms with Crippen molar-refractivity contribution < 1.29 is 24.2 Å². The minimum absolute atomic E-state index is 0.0629. The van der Waals surface area contributed by atoms with Crippen LogP contribution in [0.4, 0.5) is 4.79 Å². The Labute approximate surface area is 205 Å². The van der Waals surface area contributed by atoms with Gasteiger partial charge in [0.05, 0.1) is 0 Å². The van der Waals surface area contributed by atoms with Crippen LogP contribution >= 0.6 is 0 Å². The molecule has 2 N–H and O–H groups in total. The number of hydrogen-bond donors (Lipinski definition) is 2. The third-order valence-corrected chi connectivity index (χ3v) is 8.02. The van der Waals surface area contributed by atoms with Gasteiger partial charge >= 0.3 is 12.1 Å². The fourth-order valence-corrected chi connectivity index (χ4v) is 6.25. The molecule has 0 radical (unpaired) electrons. The summed E-state index contributed by atoms with van der Waals surface area (Å²) >= 11 is 0. The molecule has 2 saturated heterocycles. The number of rotatable bonds is 8. The molecule has 1 aliphatic carbocycles. The fraction of sp³-hybridized carbons (Fsp3) is 0.464. The number of nitrogens with zero attached hydrogens (tertiary/aromatic N) is 1. The monoisotopic (exact) mass is 476 g/mol. The lowest BCUT2D eigenvalue weighted by Gasteiger charge is -2.34. The highest BCUT2D eigenvalue weighted by atomic mass is 16.5. The summed E-state index contributed by atoms with van der Waals surface area (Å²) in [5.74, 6) is -1.31. The van der Waals surface area contributed by atoms with Gasteiger partial charge in [0.1, 0.15) is 18.2 Å². The zero-order valence-corrected chi connectivity index (χ0v) is 20.0. The molecule has 0 aromatic heterocycles. The summed E-state index contributed by atoms with van der Waals surface area (Å²) in [5.41, 5.74) is 3.41. The van der Waals surface area contributed by atoms with Crippen molar-refractivity contribution in [2.75, 3.05) is 6.61 Å². The quantitative estimate of drug-likeness (QED) is 0.576. The Morgan fingerprint density at radius 1 is 1.06 bits per heavy atom. The van der Waals surface area contributed by atoms with Gasteiger partial charge in [-0.05, 0) is 54.4 Å². The number of nitrogens with one attached hydrogen (secondary N) is 1. The molecule has 7 heteroatoms. The Morgan fingerprint density at radius 3 is 2.23 bits per heavy atom. The van der Waals surface area contributed by atoms with Crippen molar-refractivity contribution in [3.05, 3.63) is 59.7 Å². The molecule has 7 nitrogen and oxygen atoms in total. The summed E-state index contributed by atoms with van der Waals surface area (Å²) in [6.07, 6.45) is 3.78. The van der Waals surface area contributed by atoms with E-state index in [0.717, 1.165) is 35.1 Å². The van der Waals surface area contributed by atoms with E-state index in [0.29, 0.717) is 32.1 Å². The van der Waals surface area contributed by atoms with Crippen molar-refractivity contribution in [1.29, 1.82) is 0 Å². The van der Waals surface area contributed by atoms with E-state index >= 15 is 0 Å². The number of amides is 2. The Morgan fingerprint density at radius 2 is 1.66 bits per heavy atom. The number of hydrogen-bond acceptors (Lipinski definition) is 4. The molecule has 184 valence electrons. The average molecular weight is 477 g/mol. The number of carboxylic acid groups (broad SMARTS) is 1. The Hall–Kier alpha value is -3.35. The van der Waals surface area contributed by atoms with Crippen LogP contribution in [-0.2, 0) is 14.3 Å². The summed E-state index contributed by atoms with van der Waals surface area (Å²) in [5, 5.41) is 12.7. The summed E-state index contributed by atoms with van der Waals surface area (Å²) in [6.45, 7) is 2.19. The molecule has 2 amide bonds. The van der Waals surface area contributed by atoms with E-state index in [4.69, 9.17) is 4.74 Å². The van der Waals surface area contributed by atoms with Gasteiger partial charge in [-0.25, -0.2) is 9.59 Å². The van der Waals surface area contributed by atoms with Crippen LogP contribution in [0.25, 0.3) is 11.1 Å². The molecule has 2 bridgehead atoms. The van der Waals surface area contributed by atoms with E-state index in [-0.39, 0.29) is 24.5 Å². The van der Waals surface area contributed by atoms with Gasteiger partial charge in [0, 0.05) is 12.0 Å². The standard InChI is InChI=1S/C28H32N2O5/c1-2-3-12-24(25(31)30-18-13-15-28(30,16-14-18)26(32)33)29-27(34)35-17-23-21-10-6-4-8-19(21)20-9-5-7-11-22(20)23/h4-11,18,23-24H,2-3,12-17H2,1H3,(H,29,34)(H,32,33). The highest BCUT2D eigenvalue weighted by molar-refractivity contribution is 5.93. The van der Waals surface area contributed by atoms with Crippen LogP contribution in [0.3, 0.4) is 0 Å². The number of benzene rings is 2. The maximum Gasteiger partial charge on any atom is 0.407 e. The van der Waals surface area contributed by atoms with Gasteiger partial charge < -0.3 is 20.1 Å². The van der Waals surface area contributed by atoms with E-state index in [9.17, 15) is 19.5 Å². The van der Waals surface area contributed by atoms with Crippen molar-refractivity contribution in [2.45, 2.75) is 75.4 Å². The smallest absolute Gasteiger partial charge is 0.407 e. The molecule has 0 spiro atoms. The maximum atomic E-state index is 13.5. The molecular weight excluding hydrogens is 444 g/mol. The molecule has 2 aromatic rings. The molecule has 5 rings (SSSR count). The number of unbranched alkanes of at least 4 members (excludes halogenated alkanes) is 1. The highest BCUT2D eigenvalue weighted by Gasteiger charge is 2.59. The Kier molecular flexibility index (Phi) is 6.26. The van der Waals surface area contributed by atoms with Crippen molar-refractivity contribution in [2.24, 2.45) is 0 Å². The highest BCUT2D eigenvalue weighted by Crippen LogP contribution is 2.47. The summed E-state index contributed by atoms with van der Waals surface area (Å²) in [6, 6.07) is 15.4. The summed E-state index contributed by atoms with van der Waals surface area (Å²) in [7, 11) is 0. The van der Waals surface area contributed by atoms with Crippen LogP contribution in [0.5, 0.6) is 0 Å². The first-order valence-corrected chi connectivity index (χ1v) is 12.6. The molecular formula is C28H32N2O5. The zero-order valence-electron chi connectivity index (χ0n) is 20.0. The predicted octanol–water partition coefficient (Wildman–Crippen LogP) is 4.69. The van der Waals surface area contributed by atoms with Gasteiger partial charge in [-0.3, -0.25) is 4.79 Å². The van der Waals surface area contributed by atoms with E-state index in [1.54, 1.807) is 4.90 Å². The third-order valence-electron chi connectivity index (χ3n) is 8.02. The van der Waals surface area contributed by atoms with E-state index in [2.05, 4.69) is 29.6 Å². The largest absolute Gasteiger partial charge is 0.479 e. The van der Waals surface area contributed by atoms with Crippen LogP contribution in [0, 0.1) is 0 Å². The second-order valence-corrected chi connectivity index (χ2v) is 9.94. The number of carbonyl (C=O) groups excluding carboxylic acids is 2. The van der Waals surface area contributed by atoms with Crippen molar-refractivity contribution in [3.63, 3.8) is 0 Å². The van der Waals surface area contributed by atoms with Crippen LogP contribution in [0.1, 0.15) is 68.9 Å². The van der Waals surface area contributed by atoms with Crippen LogP contribution in [-0.4, -0.2) is 52.2 Å². The first kappa shape index (κ1) is 23.4. The number of ether oxygens (including phenoxy) is 1. The lowest BCUT2D eigenvalue weighted by molar-refractivity contribution is -0.156. The maximum absolute atomic E-state index is 13.5. The van der Waals surface area contributed by atoms with Gasteiger partial charge in [-0.15, -0.1) is 0 Å². The molecule has 35 heavy (non-hydrogen) atoms. The molecule has 0 saturated carbocycles. The van der Waals surface area contributed by atoms with E-state index < -0.39 is 23.6 Å². The number of carbonyl (C=O) groups is 3.